The van der Waals surface area contributed by atoms with Crippen LogP contribution < -0.4 is 14.5 Å². The van der Waals surface area contributed by atoms with Crippen LogP contribution in [0.25, 0.3) is 16.0 Å². The van der Waals surface area contributed by atoms with Crippen molar-refractivity contribution in [3.05, 3.63) is 77.8 Å². The molecule has 8 nitrogen and oxygen atoms in total. The van der Waals surface area contributed by atoms with Crippen LogP contribution in [0, 0.1) is 6.57 Å². The third kappa shape index (κ3) is 7.01. The number of nitrogens with zero attached hydrogens (tertiary/aromatic N) is 4. The molecule has 1 aromatic heterocycles. The minimum absolute atomic E-state index is 0.000142. The monoisotopic (exact) mass is 610 g/mol. The number of amides is 1. The van der Waals surface area contributed by atoms with Crippen LogP contribution in [0.1, 0.15) is 39.2 Å². The number of benzene rings is 2. The van der Waals surface area contributed by atoms with E-state index < -0.39 is 29.0 Å². The zero-order chi connectivity index (χ0) is 31.4. The Kier molecular flexibility index (Phi) is 9.47. The highest BCUT2D eigenvalue weighted by molar-refractivity contribution is 7.81. The molecule has 1 aliphatic rings. The standard InChI is InChI=1S/C31H29F3N4O4S/c1-20(39)19-41-15-5-6-16-42-25-13-9-22(10-14-25)21-7-11-23(12-8-21)38-29(43)37(28(40)30(38,2)3)24-17-26(31(32,33)34)27(35-4)36-18-24/h7-14,17-18H,5-6,15-16,19H2,1-3H3. The van der Waals surface area contributed by atoms with Crippen LogP contribution in [0.3, 0.4) is 0 Å². The molecule has 0 spiro atoms. The number of Topliss-reactive ketones (excluding diaryl/α,β-unsaturated/α-hetero) is 1. The summed E-state index contributed by atoms with van der Waals surface area (Å²) in [6.45, 7) is 12.9. The maximum atomic E-state index is 13.6. The Morgan fingerprint density at radius 2 is 1.63 bits per heavy atom. The Balaban J connectivity index is 1.45. The Morgan fingerprint density at radius 3 is 2.21 bits per heavy atom. The van der Waals surface area contributed by atoms with Crippen LogP contribution >= 0.6 is 12.2 Å². The molecule has 1 aliphatic heterocycles. The number of anilines is 2. The second-order valence-electron chi connectivity index (χ2n) is 10.4. The molecule has 0 atom stereocenters. The first-order chi connectivity index (χ1) is 20.3. The summed E-state index contributed by atoms with van der Waals surface area (Å²) in [5.74, 6) is -0.598. The molecule has 0 saturated carbocycles. The molecule has 1 fully saturated rings. The van der Waals surface area contributed by atoms with Gasteiger partial charge in [0, 0.05) is 12.3 Å². The quantitative estimate of drug-likeness (QED) is 0.131. The van der Waals surface area contributed by atoms with Crippen LogP contribution in [-0.4, -0.2) is 47.1 Å². The zero-order valence-electron chi connectivity index (χ0n) is 23.8. The van der Waals surface area contributed by atoms with Gasteiger partial charge in [-0.25, -0.2) is 0 Å². The molecule has 2 heterocycles. The van der Waals surface area contributed by atoms with Gasteiger partial charge in [-0.05, 0) is 87.3 Å². The largest absolute Gasteiger partial charge is 0.494 e. The Bertz CT molecular complexity index is 1550. The van der Waals surface area contributed by atoms with Gasteiger partial charge in [0.2, 0.25) is 0 Å². The lowest BCUT2D eigenvalue weighted by Crippen LogP contribution is -2.44. The van der Waals surface area contributed by atoms with Gasteiger partial charge in [0.1, 0.15) is 24.1 Å². The molecular formula is C31H29F3N4O4S. The highest BCUT2D eigenvalue weighted by atomic mass is 32.1. The van der Waals surface area contributed by atoms with Gasteiger partial charge in [-0.15, -0.1) is 4.98 Å². The normalized spacial score (nSPS) is 14.6. The second-order valence-corrected chi connectivity index (χ2v) is 10.7. The van der Waals surface area contributed by atoms with Gasteiger partial charge in [0.05, 0.1) is 17.9 Å². The van der Waals surface area contributed by atoms with E-state index in [2.05, 4.69) is 9.83 Å². The predicted molar refractivity (Wildman–Crippen MR) is 160 cm³/mol. The summed E-state index contributed by atoms with van der Waals surface area (Å²) in [5, 5.41) is 0.000142. The number of ether oxygens (including phenoxy) is 2. The molecule has 0 bridgehead atoms. The van der Waals surface area contributed by atoms with Crippen LogP contribution in [-0.2, 0) is 20.5 Å². The highest BCUT2D eigenvalue weighted by Gasteiger charge is 2.51. The Morgan fingerprint density at radius 1 is 1.02 bits per heavy atom. The number of ketones is 1. The van der Waals surface area contributed by atoms with Crippen molar-refractivity contribution in [3.8, 4) is 16.9 Å². The van der Waals surface area contributed by atoms with Gasteiger partial charge >= 0.3 is 6.18 Å². The molecule has 1 saturated heterocycles. The molecular weight excluding hydrogens is 581 g/mol. The molecule has 2 aromatic carbocycles. The maximum absolute atomic E-state index is 13.6. The predicted octanol–water partition coefficient (Wildman–Crippen LogP) is 7.00. The van der Waals surface area contributed by atoms with Gasteiger partial charge < -0.3 is 19.2 Å². The van der Waals surface area contributed by atoms with Crippen molar-refractivity contribution in [2.75, 3.05) is 29.6 Å². The number of aromatic nitrogens is 1. The molecule has 224 valence electrons. The third-order valence-electron chi connectivity index (χ3n) is 6.76. The van der Waals surface area contributed by atoms with Gasteiger partial charge in [0.15, 0.2) is 10.9 Å². The molecule has 4 rings (SSSR count). The summed E-state index contributed by atoms with van der Waals surface area (Å²) in [6.07, 6.45) is -2.19. The first-order valence-electron chi connectivity index (χ1n) is 13.4. The minimum Gasteiger partial charge on any atom is -0.494 e. The molecule has 43 heavy (non-hydrogen) atoms. The van der Waals surface area contributed by atoms with Crippen molar-refractivity contribution in [1.29, 1.82) is 0 Å². The smallest absolute Gasteiger partial charge is 0.409 e. The van der Waals surface area contributed by atoms with Crippen LogP contribution in [0.15, 0.2) is 60.8 Å². The number of pyridine rings is 1. The van der Waals surface area contributed by atoms with E-state index in [-0.39, 0.29) is 23.2 Å². The first kappa shape index (κ1) is 31.6. The van der Waals surface area contributed by atoms with Gasteiger partial charge in [0.25, 0.3) is 11.7 Å². The number of rotatable bonds is 11. The summed E-state index contributed by atoms with van der Waals surface area (Å²) >= 11 is 5.59. The van der Waals surface area contributed by atoms with Crippen molar-refractivity contribution in [2.24, 2.45) is 0 Å². The SMILES string of the molecule is [C-]#[N+]c1ncc(N2C(=O)C(C)(C)N(c3ccc(-c4ccc(OCCCCOCC(C)=O)cc4)cc3)C2=S)cc1C(F)(F)F. The fraction of sp³-hybridized carbons (Fsp3) is 0.323. The summed E-state index contributed by atoms with van der Waals surface area (Å²) in [6, 6.07) is 15.6. The number of halogens is 3. The van der Waals surface area contributed by atoms with E-state index in [1.807, 2.05) is 36.4 Å². The van der Waals surface area contributed by atoms with Crippen molar-refractivity contribution in [1.82, 2.24) is 4.98 Å². The van der Waals surface area contributed by atoms with Crippen molar-refractivity contribution in [2.45, 2.75) is 45.3 Å². The number of carbonyl (C=O) groups is 2. The van der Waals surface area contributed by atoms with Crippen molar-refractivity contribution >= 4 is 46.2 Å². The molecule has 1 amide bonds. The number of unbranched alkanes of at least 4 members (excludes halogenated alkanes) is 1. The average molecular weight is 611 g/mol. The van der Waals surface area contributed by atoms with Gasteiger partial charge in [-0.1, -0.05) is 30.8 Å². The fourth-order valence-electron chi connectivity index (χ4n) is 4.58. The van der Waals surface area contributed by atoms with E-state index in [0.29, 0.717) is 18.9 Å². The van der Waals surface area contributed by atoms with E-state index >= 15 is 0 Å². The topological polar surface area (TPSA) is 76.3 Å². The Labute approximate surface area is 252 Å². The average Bonchev–Trinajstić information content (AvgIpc) is 3.14. The molecule has 0 aliphatic carbocycles. The second kappa shape index (κ2) is 12.9. The van der Waals surface area contributed by atoms with E-state index in [4.69, 9.17) is 28.3 Å². The summed E-state index contributed by atoms with van der Waals surface area (Å²) in [5.41, 5.74) is -0.174. The third-order valence-corrected chi connectivity index (χ3v) is 7.13. The number of carbonyl (C=O) groups excluding carboxylic acids is 2. The summed E-state index contributed by atoms with van der Waals surface area (Å²) in [4.78, 5) is 33.4. The first-order valence-corrected chi connectivity index (χ1v) is 13.8. The van der Waals surface area contributed by atoms with Crippen molar-refractivity contribution in [3.63, 3.8) is 0 Å². The van der Waals surface area contributed by atoms with E-state index in [1.54, 1.807) is 30.9 Å². The number of hydrogen-bond acceptors (Lipinski definition) is 6. The lowest BCUT2D eigenvalue weighted by molar-refractivity contribution is -0.137. The molecule has 3 aromatic rings. The van der Waals surface area contributed by atoms with Crippen LogP contribution in [0.4, 0.5) is 30.4 Å². The van der Waals surface area contributed by atoms with Crippen LogP contribution in [0.5, 0.6) is 5.75 Å². The van der Waals surface area contributed by atoms with Gasteiger partial charge in [-0.3, -0.25) is 14.5 Å². The number of alkyl halides is 3. The lowest BCUT2D eigenvalue weighted by atomic mass is 10.0. The van der Waals surface area contributed by atoms with E-state index in [0.717, 1.165) is 46.9 Å². The molecule has 0 radical (unpaired) electrons. The molecule has 12 heteroatoms. The zero-order valence-corrected chi connectivity index (χ0v) is 24.6. The Hall–Kier alpha value is -4.34. The lowest BCUT2D eigenvalue weighted by Gasteiger charge is -2.29. The maximum Gasteiger partial charge on any atom is 0.409 e. The molecule has 0 N–H and O–H groups in total. The van der Waals surface area contributed by atoms with Crippen molar-refractivity contribution < 1.29 is 32.2 Å². The van der Waals surface area contributed by atoms with Crippen LogP contribution in [0.2, 0.25) is 0 Å². The highest BCUT2D eigenvalue weighted by Crippen LogP contribution is 2.41. The number of thiocarbonyl (C=S) groups is 1. The number of hydrogen-bond donors (Lipinski definition) is 0. The fourth-order valence-corrected chi connectivity index (χ4v) is 5.10. The van der Waals surface area contributed by atoms with E-state index in [1.165, 1.54) is 6.92 Å². The van der Waals surface area contributed by atoms with Gasteiger partial charge in [-0.2, -0.15) is 13.2 Å². The summed E-state index contributed by atoms with van der Waals surface area (Å²) < 4.78 is 51.7. The molecule has 0 unspecified atom stereocenters. The van der Waals surface area contributed by atoms with E-state index in [9.17, 15) is 22.8 Å². The minimum atomic E-state index is -4.82. The summed E-state index contributed by atoms with van der Waals surface area (Å²) in [7, 11) is 0.